The van der Waals surface area contributed by atoms with Crippen molar-refractivity contribution in [3.05, 3.63) is 140 Å². The molecule has 8 nitrogen and oxygen atoms in total. The molecule has 6 heterocycles. The van der Waals surface area contributed by atoms with E-state index >= 15 is 0 Å². The maximum atomic E-state index is 12.4. The van der Waals surface area contributed by atoms with E-state index < -0.39 is 0 Å². The lowest BCUT2D eigenvalue weighted by molar-refractivity contribution is -0.144. The summed E-state index contributed by atoms with van der Waals surface area (Å²) in [6, 6.07) is 32.7. The molecule has 4 aromatic carbocycles. The number of fused-ring (bicyclic) bond motifs is 8. The van der Waals surface area contributed by atoms with E-state index in [1.807, 2.05) is 24.3 Å². The Kier molecular flexibility index (Phi) is 8.86. The molecule has 0 saturated carbocycles. The first kappa shape index (κ1) is 34.5. The lowest BCUT2D eigenvalue weighted by Gasteiger charge is -2.30. The fourth-order valence-corrected chi connectivity index (χ4v) is 11.0. The van der Waals surface area contributed by atoms with Crippen LogP contribution in [-0.4, -0.2) is 48.2 Å². The molecule has 54 heavy (non-hydrogen) atoms. The molecule has 10 rings (SSSR count). The summed E-state index contributed by atoms with van der Waals surface area (Å²) in [4.78, 5) is 34.5. The first-order valence-electron chi connectivity index (χ1n) is 18.2. The monoisotopic (exact) mass is 752 g/mol. The SMILES string of the molecule is COC(=O)[C@@H]1Cc2c([nH]c3ccccc23)[C@@H](c2sc3ccccc3c2C)N1.COC(=O)[C@@H]1Cc2c([nH]c3ccccc23)[C@H](c2sc3ccccc3c2C)N1. The predicted octanol–water partition coefficient (Wildman–Crippen LogP) is 8.94. The van der Waals surface area contributed by atoms with Crippen LogP contribution in [0.5, 0.6) is 0 Å². The van der Waals surface area contributed by atoms with E-state index in [1.165, 1.54) is 77.2 Å². The molecule has 0 spiro atoms. The third kappa shape index (κ3) is 5.72. The molecule has 272 valence electrons. The van der Waals surface area contributed by atoms with Crippen LogP contribution in [0.15, 0.2) is 97.1 Å². The number of aryl methyl sites for hydroxylation is 2. The van der Waals surface area contributed by atoms with Crippen molar-refractivity contribution in [1.82, 2.24) is 20.6 Å². The Morgan fingerprint density at radius 1 is 0.556 bits per heavy atom. The van der Waals surface area contributed by atoms with Gasteiger partial charge in [-0.05, 0) is 71.1 Å². The standard InChI is InChI=1S/2C22H20N2O2S/c2*1-12-13-7-4-6-10-18(13)27-21(12)20-19-15(11-17(24-20)22(25)26-2)14-8-3-5-9-16(14)23-19/h2*3-10,17,20,23-24H,11H2,1-2H3/t17-,20+;17-,20-/m00/s1. The van der Waals surface area contributed by atoms with Gasteiger partial charge in [-0.2, -0.15) is 0 Å². The topological polar surface area (TPSA) is 108 Å². The van der Waals surface area contributed by atoms with Crippen molar-refractivity contribution in [3.8, 4) is 0 Å². The van der Waals surface area contributed by atoms with E-state index in [9.17, 15) is 9.59 Å². The van der Waals surface area contributed by atoms with Gasteiger partial charge in [-0.25, -0.2) is 0 Å². The molecule has 10 heteroatoms. The van der Waals surface area contributed by atoms with E-state index in [4.69, 9.17) is 9.47 Å². The summed E-state index contributed by atoms with van der Waals surface area (Å²) in [5, 5.41) is 12.0. The highest BCUT2D eigenvalue weighted by Gasteiger charge is 2.37. The number of carbonyl (C=O) groups is 2. The highest BCUT2D eigenvalue weighted by Crippen LogP contribution is 2.43. The number of methoxy groups -OCH3 is 2. The van der Waals surface area contributed by atoms with E-state index in [0.29, 0.717) is 12.8 Å². The van der Waals surface area contributed by atoms with Crippen LogP contribution < -0.4 is 10.6 Å². The number of hydrogen-bond donors (Lipinski definition) is 4. The quantitative estimate of drug-likeness (QED) is 0.134. The second-order valence-electron chi connectivity index (χ2n) is 14.1. The summed E-state index contributed by atoms with van der Waals surface area (Å²) in [7, 11) is 2.91. The van der Waals surface area contributed by atoms with E-state index in [0.717, 1.165) is 22.4 Å². The number of rotatable bonds is 4. The van der Waals surface area contributed by atoms with Crippen LogP contribution in [-0.2, 0) is 31.9 Å². The van der Waals surface area contributed by atoms with E-state index in [1.54, 1.807) is 22.7 Å². The maximum absolute atomic E-state index is 12.4. The molecule has 4 atom stereocenters. The number of nitrogens with one attached hydrogen (secondary N) is 4. The molecule has 0 amide bonds. The Balaban J connectivity index is 0.000000142. The van der Waals surface area contributed by atoms with E-state index in [2.05, 4.69) is 107 Å². The van der Waals surface area contributed by atoms with Crippen molar-refractivity contribution in [1.29, 1.82) is 0 Å². The van der Waals surface area contributed by atoms with Gasteiger partial charge in [-0.3, -0.25) is 20.2 Å². The molecular weight excluding hydrogens is 713 g/mol. The third-order valence-corrected chi connectivity index (χ3v) is 13.8. The number of hydrogen-bond acceptors (Lipinski definition) is 8. The van der Waals surface area contributed by atoms with Gasteiger partial charge in [-0.1, -0.05) is 72.8 Å². The Morgan fingerprint density at radius 3 is 1.31 bits per heavy atom. The molecule has 0 bridgehead atoms. The first-order valence-corrected chi connectivity index (χ1v) is 19.8. The lowest BCUT2D eigenvalue weighted by Crippen LogP contribution is -2.45. The first-order chi connectivity index (χ1) is 26.3. The zero-order valence-electron chi connectivity index (χ0n) is 30.4. The smallest absolute Gasteiger partial charge is 0.323 e. The van der Waals surface area contributed by atoms with Crippen molar-refractivity contribution < 1.29 is 19.1 Å². The van der Waals surface area contributed by atoms with Crippen LogP contribution in [0.2, 0.25) is 0 Å². The lowest BCUT2D eigenvalue weighted by atomic mass is 9.92. The molecule has 0 aliphatic carbocycles. The second kappa shape index (κ2) is 13.9. The van der Waals surface area contributed by atoms with Gasteiger partial charge in [0.1, 0.15) is 12.1 Å². The molecule has 8 aromatic rings. The molecule has 4 N–H and O–H groups in total. The van der Waals surface area contributed by atoms with Gasteiger partial charge < -0.3 is 19.4 Å². The van der Waals surface area contributed by atoms with Crippen LogP contribution in [0.25, 0.3) is 42.0 Å². The van der Waals surface area contributed by atoms with Gasteiger partial charge >= 0.3 is 11.9 Å². The number of carbonyl (C=O) groups excluding carboxylic acids is 2. The average Bonchev–Trinajstić information content (AvgIpc) is 3.97. The predicted molar refractivity (Wildman–Crippen MR) is 219 cm³/mol. The van der Waals surface area contributed by atoms with Crippen molar-refractivity contribution in [2.24, 2.45) is 0 Å². The normalized spacial score (nSPS) is 19.3. The highest BCUT2D eigenvalue weighted by atomic mass is 32.1. The van der Waals surface area contributed by atoms with Crippen LogP contribution in [0, 0.1) is 13.8 Å². The van der Waals surface area contributed by atoms with Crippen molar-refractivity contribution in [2.75, 3.05) is 14.2 Å². The van der Waals surface area contributed by atoms with Crippen LogP contribution in [0.4, 0.5) is 0 Å². The van der Waals surface area contributed by atoms with Crippen molar-refractivity contribution >= 4 is 76.6 Å². The van der Waals surface area contributed by atoms with Crippen LogP contribution in [0.3, 0.4) is 0 Å². The van der Waals surface area contributed by atoms with Crippen LogP contribution >= 0.6 is 22.7 Å². The molecule has 2 aliphatic heterocycles. The highest BCUT2D eigenvalue weighted by molar-refractivity contribution is 7.19. The summed E-state index contributed by atoms with van der Waals surface area (Å²) in [5.74, 6) is -0.426. The Hall–Kier alpha value is -5.26. The van der Waals surface area contributed by atoms with Gasteiger partial charge in [0.25, 0.3) is 0 Å². The molecule has 2 aliphatic rings. The summed E-state index contributed by atoms with van der Waals surface area (Å²) in [6.45, 7) is 4.33. The maximum Gasteiger partial charge on any atom is 0.323 e. The Morgan fingerprint density at radius 2 is 0.926 bits per heavy atom. The molecule has 0 saturated heterocycles. The van der Waals surface area contributed by atoms with Gasteiger partial charge in [0.2, 0.25) is 0 Å². The molecular formula is C44H40N4O4S2. The van der Waals surface area contributed by atoms with E-state index in [-0.39, 0.29) is 36.1 Å². The Bertz CT molecular complexity index is 2530. The Labute approximate surface area is 320 Å². The third-order valence-electron chi connectivity index (χ3n) is 11.1. The van der Waals surface area contributed by atoms with Gasteiger partial charge in [0, 0.05) is 65.2 Å². The van der Waals surface area contributed by atoms with Crippen LogP contribution in [0.1, 0.15) is 55.5 Å². The minimum absolute atomic E-state index is 0.0531. The number of aromatic nitrogens is 2. The zero-order valence-corrected chi connectivity index (χ0v) is 32.0. The fourth-order valence-electron chi connectivity index (χ4n) is 8.41. The number of thiophene rings is 2. The number of para-hydroxylation sites is 2. The summed E-state index contributed by atoms with van der Waals surface area (Å²) in [6.07, 6.45) is 1.26. The molecule has 0 unspecified atom stereocenters. The molecule has 0 fully saturated rings. The minimum Gasteiger partial charge on any atom is -0.468 e. The van der Waals surface area contributed by atoms with Crippen molar-refractivity contribution in [2.45, 2.75) is 50.9 Å². The van der Waals surface area contributed by atoms with Gasteiger partial charge in [-0.15, -0.1) is 22.7 Å². The number of aromatic amines is 2. The van der Waals surface area contributed by atoms with Crippen molar-refractivity contribution in [3.63, 3.8) is 0 Å². The fraction of sp³-hybridized carbons (Fsp3) is 0.227. The summed E-state index contributed by atoms with van der Waals surface area (Å²) in [5.41, 5.74) is 9.49. The zero-order chi connectivity index (χ0) is 37.1. The number of benzene rings is 4. The minimum atomic E-state index is -0.351. The van der Waals surface area contributed by atoms with Gasteiger partial charge in [0.05, 0.1) is 26.3 Å². The number of esters is 2. The molecule has 0 radical (unpaired) electrons. The summed E-state index contributed by atoms with van der Waals surface area (Å²) >= 11 is 3.58. The average molecular weight is 753 g/mol. The number of H-pyrrole nitrogens is 2. The van der Waals surface area contributed by atoms with Gasteiger partial charge in [0.15, 0.2) is 0 Å². The largest absolute Gasteiger partial charge is 0.468 e. The second-order valence-corrected chi connectivity index (χ2v) is 16.2. The molecule has 4 aromatic heterocycles. The number of ether oxygens (including phenoxy) is 2. The summed E-state index contributed by atoms with van der Waals surface area (Å²) < 4.78 is 12.7.